The second kappa shape index (κ2) is 14.5. The summed E-state index contributed by atoms with van der Waals surface area (Å²) >= 11 is 0. The summed E-state index contributed by atoms with van der Waals surface area (Å²) in [6.45, 7) is 19.1. The van der Waals surface area contributed by atoms with Crippen molar-refractivity contribution in [3.05, 3.63) is 102 Å². The standard InChI is InChI=1S/C35H40O10S3.C2H6/c1-33(2,3)29-19-17-27(21-31(29)47(38,39)40)46(36,37)28-18-20-30(32(22-28)48(41,42)43)44-25-13-9-23(10-14-25)35(7,8)24-11-15-26(16-12-24)45-34(4,5)6;1-2/h9-22H,1-8H3,(H,38,39,40)(H,41,42,43);1-2H3. The Hall–Kier alpha value is -3.75. The van der Waals surface area contributed by atoms with Crippen molar-refractivity contribution in [2.24, 2.45) is 0 Å². The van der Waals surface area contributed by atoms with Crippen LogP contribution in [0.3, 0.4) is 0 Å². The van der Waals surface area contributed by atoms with E-state index in [0.29, 0.717) is 0 Å². The molecule has 0 aliphatic carbocycles. The highest BCUT2D eigenvalue weighted by Crippen LogP contribution is 2.37. The first kappa shape index (κ1) is 40.7. The number of hydrogen-bond acceptors (Lipinski definition) is 8. The summed E-state index contributed by atoms with van der Waals surface area (Å²) in [6.07, 6.45) is 0. The van der Waals surface area contributed by atoms with E-state index >= 15 is 0 Å². The Bertz CT molecular complexity index is 2160. The quantitative estimate of drug-likeness (QED) is 0.159. The lowest BCUT2D eigenvalue weighted by Crippen LogP contribution is -2.23. The van der Waals surface area contributed by atoms with E-state index in [1.54, 1.807) is 32.9 Å². The Morgan fingerprint density at radius 3 is 1.38 bits per heavy atom. The van der Waals surface area contributed by atoms with E-state index < -0.39 is 60.5 Å². The van der Waals surface area contributed by atoms with Crippen LogP contribution in [0.1, 0.15) is 85.9 Å². The molecule has 272 valence electrons. The van der Waals surface area contributed by atoms with Gasteiger partial charge in [-0.3, -0.25) is 9.11 Å². The van der Waals surface area contributed by atoms with E-state index in [1.807, 2.05) is 84.9 Å². The molecule has 50 heavy (non-hydrogen) atoms. The second-order valence-electron chi connectivity index (χ2n) is 14.0. The van der Waals surface area contributed by atoms with Crippen molar-refractivity contribution in [3.63, 3.8) is 0 Å². The maximum atomic E-state index is 13.6. The molecular weight excluding hydrogens is 701 g/mol. The maximum absolute atomic E-state index is 13.6. The van der Waals surface area contributed by atoms with E-state index in [-0.39, 0.29) is 22.7 Å². The molecule has 0 heterocycles. The fraction of sp³-hybridized carbons (Fsp3) is 0.351. The second-order valence-corrected chi connectivity index (χ2v) is 18.7. The number of rotatable bonds is 9. The van der Waals surface area contributed by atoms with Crippen LogP contribution < -0.4 is 9.47 Å². The Balaban J connectivity index is 0.00000332. The van der Waals surface area contributed by atoms with Crippen molar-refractivity contribution in [1.82, 2.24) is 0 Å². The average molecular weight is 747 g/mol. The van der Waals surface area contributed by atoms with Crippen LogP contribution in [0.15, 0.2) is 105 Å². The van der Waals surface area contributed by atoms with Crippen molar-refractivity contribution < 1.29 is 43.8 Å². The first-order chi connectivity index (χ1) is 22.8. The van der Waals surface area contributed by atoms with Crippen LogP contribution >= 0.6 is 0 Å². The zero-order chi connectivity index (χ0) is 38.1. The molecule has 0 aliphatic rings. The predicted octanol–water partition coefficient (Wildman–Crippen LogP) is 8.63. The van der Waals surface area contributed by atoms with Gasteiger partial charge in [-0.25, -0.2) is 8.42 Å². The molecule has 4 aromatic carbocycles. The van der Waals surface area contributed by atoms with Crippen LogP contribution in [0, 0.1) is 0 Å². The first-order valence-corrected chi connectivity index (χ1v) is 20.2. The van der Waals surface area contributed by atoms with Gasteiger partial charge in [-0.15, -0.1) is 0 Å². The van der Waals surface area contributed by atoms with Gasteiger partial charge in [0.05, 0.1) is 14.7 Å². The Morgan fingerprint density at radius 1 is 0.540 bits per heavy atom. The minimum atomic E-state index is -4.99. The van der Waals surface area contributed by atoms with Crippen LogP contribution in [0.2, 0.25) is 0 Å². The van der Waals surface area contributed by atoms with Gasteiger partial charge in [0.15, 0.2) is 0 Å². The minimum absolute atomic E-state index is 0.185. The number of hydrogen-bond donors (Lipinski definition) is 2. The molecule has 0 saturated heterocycles. The van der Waals surface area contributed by atoms with Crippen LogP contribution in [0.5, 0.6) is 17.2 Å². The molecule has 0 amide bonds. The van der Waals surface area contributed by atoms with Gasteiger partial charge >= 0.3 is 0 Å². The van der Waals surface area contributed by atoms with Gasteiger partial charge in [-0.1, -0.05) is 78.8 Å². The monoisotopic (exact) mass is 746 g/mol. The van der Waals surface area contributed by atoms with Crippen LogP contribution in [0.25, 0.3) is 0 Å². The van der Waals surface area contributed by atoms with Crippen molar-refractivity contribution in [2.75, 3.05) is 0 Å². The summed E-state index contributed by atoms with van der Waals surface area (Å²) in [6, 6.07) is 20.8. The Morgan fingerprint density at radius 2 is 0.960 bits per heavy atom. The lowest BCUT2D eigenvalue weighted by Gasteiger charge is -2.27. The summed E-state index contributed by atoms with van der Waals surface area (Å²) in [5, 5.41) is 0. The van der Waals surface area contributed by atoms with Crippen molar-refractivity contribution in [1.29, 1.82) is 0 Å². The molecule has 0 aromatic heterocycles. The van der Waals surface area contributed by atoms with Gasteiger partial charge < -0.3 is 9.47 Å². The molecule has 4 rings (SSSR count). The van der Waals surface area contributed by atoms with Crippen molar-refractivity contribution in [3.8, 4) is 17.2 Å². The molecular formula is C37H46O10S3. The summed E-state index contributed by atoms with van der Waals surface area (Å²) in [7, 11) is -14.3. The van der Waals surface area contributed by atoms with Crippen molar-refractivity contribution >= 4 is 30.1 Å². The molecule has 13 heteroatoms. The molecule has 0 saturated carbocycles. The van der Waals surface area contributed by atoms with E-state index in [4.69, 9.17) is 9.47 Å². The van der Waals surface area contributed by atoms with Gasteiger partial charge in [0.1, 0.15) is 27.7 Å². The van der Waals surface area contributed by atoms with Crippen LogP contribution in [-0.4, -0.2) is 40.0 Å². The van der Waals surface area contributed by atoms with Gasteiger partial charge in [0.25, 0.3) is 20.2 Å². The number of ether oxygens (including phenoxy) is 2. The summed E-state index contributed by atoms with van der Waals surface area (Å²) in [5.74, 6) is 0.639. The molecule has 4 aromatic rings. The largest absolute Gasteiger partial charge is 0.488 e. The fourth-order valence-corrected chi connectivity index (χ4v) is 8.14. The summed E-state index contributed by atoms with van der Waals surface area (Å²) in [5.41, 5.74) is 0.631. The average Bonchev–Trinajstić information content (AvgIpc) is 3.00. The van der Waals surface area contributed by atoms with Gasteiger partial charge in [0.2, 0.25) is 9.84 Å². The third-order valence-corrected chi connectivity index (χ3v) is 11.2. The lowest BCUT2D eigenvalue weighted by atomic mass is 9.78. The normalized spacial score (nSPS) is 12.9. The van der Waals surface area contributed by atoms with Crippen molar-refractivity contribution in [2.45, 2.75) is 105 Å². The molecule has 0 radical (unpaired) electrons. The molecule has 0 spiro atoms. The van der Waals surface area contributed by atoms with Gasteiger partial charge in [-0.2, -0.15) is 16.8 Å². The van der Waals surface area contributed by atoms with E-state index in [2.05, 4.69) is 0 Å². The van der Waals surface area contributed by atoms with E-state index in [9.17, 15) is 34.4 Å². The van der Waals surface area contributed by atoms with Gasteiger partial charge in [0, 0.05) is 5.41 Å². The molecule has 0 fully saturated rings. The Kier molecular flexibility index (Phi) is 11.8. The lowest BCUT2D eigenvalue weighted by molar-refractivity contribution is 0.131. The van der Waals surface area contributed by atoms with E-state index in [1.165, 1.54) is 12.1 Å². The van der Waals surface area contributed by atoms with Crippen LogP contribution in [-0.2, 0) is 40.9 Å². The van der Waals surface area contributed by atoms with Gasteiger partial charge in [-0.05, 0) is 97.5 Å². The minimum Gasteiger partial charge on any atom is -0.488 e. The summed E-state index contributed by atoms with van der Waals surface area (Å²) < 4.78 is 108. The van der Waals surface area contributed by atoms with Crippen LogP contribution in [0.4, 0.5) is 0 Å². The topological polar surface area (TPSA) is 161 Å². The highest BCUT2D eigenvalue weighted by molar-refractivity contribution is 7.91. The zero-order valence-electron chi connectivity index (χ0n) is 30.0. The number of sulfone groups is 1. The molecule has 0 aliphatic heterocycles. The fourth-order valence-electron chi connectivity index (χ4n) is 5.11. The zero-order valence-corrected chi connectivity index (χ0v) is 32.4. The predicted molar refractivity (Wildman–Crippen MR) is 193 cm³/mol. The van der Waals surface area contributed by atoms with E-state index in [0.717, 1.165) is 41.1 Å². The molecule has 0 unspecified atom stereocenters. The molecule has 10 nitrogen and oxygen atoms in total. The first-order valence-electron chi connectivity index (χ1n) is 15.9. The number of benzene rings is 4. The molecule has 2 N–H and O–H groups in total. The third-order valence-electron chi connectivity index (χ3n) is 7.66. The smallest absolute Gasteiger partial charge is 0.298 e. The summed E-state index contributed by atoms with van der Waals surface area (Å²) in [4.78, 5) is -2.47. The third kappa shape index (κ3) is 9.52. The highest BCUT2D eigenvalue weighted by Gasteiger charge is 2.30. The highest BCUT2D eigenvalue weighted by atomic mass is 32.2. The maximum Gasteiger partial charge on any atom is 0.298 e. The Labute approximate surface area is 296 Å². The molecule has 0 atom stereocenters. The SMILES string of the molecule is CC.CC(C)(C)Oc1ccc(C(C)(C)c2ccc(Oc3ccc(S(=O)(=O)c4ccc(C(C)(C)C)c(S(=O)(=O)O)c4)cc3S(=O)(=O)O)cc2)cc1. The molecule has 0 bridgehead atoms.